The van der Waals surface area contributed by atoms with Crippen molar-refractivity contribution in [3.05, 3.63) is 33.9 Å². The van der Waals surface area contributed by atoms with Crippen molar-refractivity contribution >= 4 is 21.7 Å². The van der Waals surface area contributed by atoms with Crippen LogP contribution in [0.1, 0.15) is 23.6 Å². The fourth-order valence-corrected chi connectivity index (χ4v) is 2.44. The Morgan fingerprint density at radius 3 is 2.63 bits per heavy atom. The van der Waals surface area contributed by atoms with Crippen LogP contribution in [0.2, 0.25) is 0 Å². The molecule has 2 aromatic rings. The summed E-state index contributed by atoms with van der Waals surface area (Å²) >= 11 is 3.37. The van der Waals surface area contributed by atoms with Crippen LogP contribution in [0.15, 0.2) is 16.7 Å². The van der Waals surface area contributed by atoms with Gasteiger partial charge in [0.25, 0.3) is 0 Å². The lowest BCUT2D eigenvalue weighted by molar-refractivity contribution is 0.573. The Kier molecular flexibility index (Phi) is 4.52. The summed E-state index contributed by atoms with van der Waals surface area (Å²) in [5.74, 6) is 1.61. The second-order valence-corrected chi connectivity index (χ2v) is 5.37. The number of nitrogens with one attached hydrogen (secondary N) is 1. The van der Waals surface area contributed by atoms with Crippen LogP contribution in [-0.2, 0) is 6.54 Å². The molecule has 102 valence electrons. The second kappa shape index (κ2) is 6.14. The van der Waals surface area contributed by atoms with Gasteiger partial charge < -0.3 is 5.32 Å². The third kappa shape index (κ3) is 4.02. The SMILES string of the molecule is Cc1cc(C)n(CCCNc2cc(Br)nc(C)n2)n1. The van der Waals surface area contributed by atoms with E-state index in [0.717, 1.165) is 41.4 Å². The molecule has 19 heavy (non-hydrogen) atoms. The number of nitrogens with zero attached hydrogens (tertiary/aromatic N) is 4. The highest BCUT2D eigenvalue weighted by atomic mass is 79.9. The second-order valence-electron chi connectivity index (χ2n) is 4.55. The molecule has 2 rings (SSSR count). The van der Waals surface area contributed by atoms with Crippen LogP contribution in [0.3, 0.4) is 0 Å². The largest absolute Gasteiger partial charge is 0.370 e. The molecule has 0 bridgehead atoms. The van der Waals surface area contributed by atoms with Gasteiger partial charge in [0.1, 0.15) is 16.2 Å². The van der Waals surface area contributed by atoms with Crippen molar-refractivity contribution in [2.45, 2.75) is 33.7 Å². The minimum Gasteiger partial charge on any atom is -0.370 e. The first-order chi connectivity index (χ1) is 9.04. The Hall–Kier alpha value is -1.43. The predicted molar refractivity (Wildman–Crippen MR) is 79.3 cm³/mol. The topological polar surface area (TPSA) is 55.6 Å². The van der Waals surface area contributed by atoms with Crippen molar-refractivity contribution in [1.29, 1.82) is 0 Å². The molecule has 6 heteroatoms. The number of anilines is 1. The highest BCUT2D eigenvalue weighted by Crippen LogP contribution is 2.11. The van der Waals surface area contributed by atoms with Gasteiger partial charge in [-0.1, -0.05) is 0 Å². The average molecular weight is 324 g/mol. The quantitative estimate of drug-likeness (QED) is 0.679. The van der Waals surface area contributed by atoms with Crippen LogP contribution in [0.4, 0.5) is 5.82 Å². The standard InChI is InChI=1S/C13H18BrN5/c1-9-7-10(2)19(18-9)6-4-5-15-13-8-12(14)16-11(3)17-13/h7-8H,4-6H2,1-3H3,(H,15,16,17). The van der Waals surface area contributed by atoms with Crippen molar-refractivity contribution in [3.63, 3.8) is 0 Å². The van der Waals surface area contributed by atoms with Crippen molar-refractivity contribution in [2.24, 2.45) is 0 Å². The van der Waals surface area contributed by atoms with Gasteiger partial charge in [0, 0.05) is 24.8 Å². The van der Waals surface area contributed by atoms with Gasteiger partial charge in [-0.2, -0.15) is 5.10 Å². The third-order valence-corrected chi connectivity index (χ3v) is 3.17. The lowest BCUT2D eigenvalue weighted by Crippen LogP contribution is -2.10. The van der Waals surface area contributed by atoms with E-state index in [4.69, 9.17) is 0 Å². The number of aromatic nitrogens is 4. The van der Waals surface area contributed by atoms with Crippen molar-refractivity contribution in [2.75, 3.05) is 11.9 Å². The highest BCUT2D eigenvalue weighted by Gasteiger charge is 2.01. The van der Waals surface area contributed by atoms with Gasteiger partial charge in [-0.15, -0.1) is 0 Å². The van der Waals surface area contributed by atoms with E-state index in [0.29, 0.717) is 0 Å². The summed E-state index contributed by atoms with van der Waals surface area (Å²) in [4.78, 5) is 8.50. The van der Waals surface area contributed by atoms with E-state index in [-0.39, 0.29) is 0 Å². The maximum Gasteiger partial charge on any atom is 0.130 e. The fraction of sp³-hybridized carbons (Fsp3) is 0.462. The van der Waals surface area contributed by atoms with Crippen molar-refractivity contribution in [1.82, 2.24) is 19.7 Å². The van der Waals surface area contributed by atoms with Gasteiger partial charge in [-0.05, 0) is 49.2 Å². The molecule has 0 atom stereocenters. The van der Waals surface area contributed by atoms with Crippen LogP contribution in [-0.4, -0.2) is 26.3 Å². The van der Waals surface area contributed by atoms with Gasteiger partial charge in [0.2, 0.25) is 0 Å². The van der Waals surface area contributed by atoms with Crippen LogP contribution < -0.4 is 5.32 Å². The Morgan fingerprint density at radius 2 is 2.00 bits per heavy atom. The van der Waals surface area contributed by atoms with E-state index < -0.39 is 0 Å². The van der Waals surface area contributed by atoms with Gasteiger partial charge in [0.15, 0.2) is 0 Å². The summed E-state index contributed by atoms with van der Waals surface area (Å²) in [6.07, 6.45) is 1.00. The highest BCUT2D eigenvalue weighted by molar-refractivity contribution is 9.10. The fourth-order valence-electron chi connectivity index (χ4n) is 1.97. The molecule has 1 N–H and O–H groups in total. The molecule has 0 unspecified atom stereocenters. The monoisotopic (exact) mass is 323 g/mol. The molecule has 0 saturated heterocycles. The summed E-state index contributed by atoms with van der Waals surface area (Å²) in [6.45, 7) is 7.76. The molecule has 0 fully saturated rings. The summed E-state index contributed by atoms with van der Waals surface area (Å²) in [5, 5.41) is 7.74. The molecule has 0 saturated carbocycles. The summed E-state index contributed by atoms with van der Waals surface area (Å²) < 4.78 is 2.85. The Bertz CT molecular complexity index is 544. The summed E-state index contributed by atoms with van der Waals surface area (Å²) in [6, 6.07) is 3.98. The van der Waals surface area contributed by atoms with Crippen molar-refractivity contribution in [3.8, 4) is 0 Å². The zero-order valence-electron chi connectivity index (χ0n) is 11.4. The Morgan fingerprint density at radius 1 is 1.21 bits per heavy atom. The van der Waals surface area contributed by atoms with E-state index in [9.17, 15) is 0 Å². The molecule has 0 aromatic carbocycles. The summed E-state index contributed by atoms with van der Waals surface area (Å²) in [7, 11) is 0. The molecular weight excluding hydrogens is 306 g/mol. The third-order valence-electron chi connectivity index (χ3n) is 2.76. The van der Waals surface area contributed by atoms with Gasteiger partial charge in [-0.25, -0.2) is 9.97 Å². The maximum atomic E-state index is 4.44. The molecule has 0 spiro atoms. The zero-order valence-corrected chi connectivity index (χ0v) is 13.0. The van der Waals surface area contributed by atoms with Crippen molar-refractivity contribution < 1.29 is 0 Å². The minimum atomic E-state index is 0.760. The first-order valence-electron chi connectivity index (χ1n) is 6.31. The molecule has 0 amide bonds. The van der Waals surface area contributed by atoms with Gasteiger partial charge >= 0.3 is 0 Å². The van der Waals surface area contributed by atoms with Crippen LogP contribution in [0.5, 0.6) is 0 Å². The minimum absolute atomic E-state index is 0.760. The lowest BCUT2D eigenvalue weighted by Gasteiger charge is -2.07. The molecule has 0 aliphatic carbocycles. The summed E-state index contributed by atoms with van der Waals surface area (Å²) in [5.41, 5.74) is 2.28. The number of halogens is 1. The number of hydrogen-bond acceptors (Lipinski definition) is 4. The normalized spacial score (nSPS) is 10.7. The van der Waals surface area contributed by atoms with Crippen LogP contribution in [0.25, 0.3) is 0 Å². The number of aryl methyl sites for hydroxylation is 4. The number of hydrogen-bond donors (Lipinski definition) is 1. The van der Waals surface area contributed by atoms with Crippen LogP contribution >= 0.6 is 15.9 Å². The Labute approximate surface area is 121 Å². The first-order valence-corrected chi connectivity index (χ1v) is 7.10. The van der Waals surface area contributed by atoms with E-state index in [1.165, 1.54) is 5.69 Å². The molecule has 0 aliphatic rings. The van der Waals surface area contributed by atoms with E-state index in [1.807, 2.05) is 24.6 Å². The lowest BCUT2D eigenvalue weighted by atomic mass is 10.4. The average Bonchev–Trinajstić information content (AvgIpc) is 2.62. The predicted octanol–water partition coefficient (Wildman–Crippen LogP) is 2.86. The van der Waals surface area contributed by atoms with Gasteiger partial charge in [-0.3, -0.25) is 4.68 Å². The molecule has 2 aromatic heterocycles. The molecule has 0 radical (unpaired) electrons. The Balaban J connectivity index is 1.82. The van der Waals surface area contributed by atoms with Gasteiger partial charge in [0.05, 0.1) is 5.69 Å². The molecule has 0 aliphatic heterocycles. The van der Waals surface area contributed by atoms with Crippen LogP contribution in [0, 0.1) is 20.8 Å². The maximum absolute atomic E-state index is 4.44. The first kappa shape index (κ1) is 14.0. The zero-order chi connectivity index (χ0) is 13.8. The van der Waals surface area contributed by atoms with E-state index in [2.05, 4.69) is 49.3 Å². The van der Waals surface area contributed by atoms with E-state index in [1.54, 1.807) is 0 Å². The van der Waals surface area contributed by atoms with E-state index >= 15 is 0 Å². The smallest absolute Gasteiger partial charge is 0.130 e. The molecule has 2 heterocycles. The molecule has 5 nitrogen and oxygen atoms in total. The molecular formula is C13H18BrN5. The number of rotatable bonds is 5.